The molecule has 1 saturated heterocycles. The van der Waals surface area contributed by atoms with E-state index in [-0.39, 0.29) is 0 Å². The van der Waals surface area contributed by atoms with Crippen molar-refractivity contribution >= 4 is 18.0 Å². The van der Waals surface area contributed by atoms with Crippen LogP contribution in [0.4, 0.5) is 0 Å². The molecule has 0 aromatic rings. The smallest absolute Gasteiger partial charge is 0.111 e. The number of nitrogens with one attached hydrogen (secondary N) is 1. The first-order valence-corrected chi connectivity index (χ1v) is 4.24. The van der Waals surface area contributed by atoms with E-state index in [9.17, 15) is 0 Å². The van der Waals surface area contributed by atoms with E-state index >= 15 is 0 Å². The van der Waals surface area contributed by atoms with E-state index in [0.29, 0.717) is 0 Å². The molecule has 0 aliphatic carbocycles. The Hall–Kier alpha value is -0.480. The van der Waals surface area contributed by atoms with E-state index in [0.717, 1.165) is 19.2 Å². The molecular formula is C6H9N3S. The number of fused-ring (bicyclic) bond motifs is 1. The average molecular weight is 155 g/mol. The number of hydrogen-bond donors (Lipinski definition) is 1. The van der Waals surface area contributed by atoms with E-state index in [2.05, 4.69) is 21.3 Å². The van der Waals surface area contributed by atoms with Gasteiger partial charge >= 0.3 is 0 Å². The van der Waals surface area contributed by atoms with Gasteiger partial charge in [0.2, 0.25) is 0 Å². The third kappa shape index (κ3) is 1.04. The molecule has 0 aromatic heterocycles. The number of hydrogen-bond acceptors (Lipinski definition) is 4. The van der Waals surface area contributed by atoms with E-state index in [1.807, 2.05) is 18.0 Å². The molecule has 1 N–H and O–H groups in total. The summed E-state index contributed by atoms with van der Waals surface area (Å²) in [6.45, 7) is 1.75. The predicted molar refractivity (Wildman–Crippen MR) is 43.7 cm³/mol. The zero-order chi connectivity index (χ0) is 6.81. The summed E-state index contributed by atoms with van der Waals surface area (Å²) in [5, 5.41) is 4.60. The van der Waals surface area contributed by atoms with Crippen LogP contribution in [0.1, 0.15) is 0 Å². The van der Waals surface area contributed by atoms with Gasteiger partial charge in [0.25, 0.3) is 0 Å². The Balaban J connectivity index is 2.14. The summed E-state index contributed by atoms with van der Waals surface area (Å²) in [4.78, 5) is 6.35. The van der Waals surface area contributed by atoms with Crippen LogP contribution in [0.25, 0.3) is 0 Å². The Kier molecular flexibility index (Phi) is 1.65. The van der Waals surface area contributed by atoms with Crippen LogP contribution in [-0.4, -0.2) is 30.3 Å². The van der Waals surface area contributed by atoms with E-state index in [1.165, 1.54) is 5.03 Å². The van der Waals surface area contributed by atoms with Crippen molar-refractivity contribution in [3.8, 4) is 0 Å². The predicted octanol–water partition coefficient (Wildman–Crippen LogP) is 0.423. The molecular weight excluding hydrogens is 146 g/mol. The number of aliphatic imine (C=N–C) groups is 1. The molecule has 4 heteroatoms. The molecule has 1 fully saturated rings. The second-order valence-electron chi connectivity index (χ2n) is 2.21. The molecule has 0 unspecified atom stereocenters. The number of thioether (sulfide) groups is 1. The van der Waals surface area contributed by atoms with Crippen LogP contribution in [0.5, 0.6) is 0 Å². The first-order valence-electron chi connectivity index (χ1n) is 3.25. The Morgan fingerprint density at radius 2 is 2.70 bits per heavy atom. The number of rotatable bonds is 0. The van der Waals surface area contributed by atoms with Crippen molar-refractivity contribution < 1.29 is 0 Å². The molecule has 2 heterocycles. The standard InChI is InChI=1S/C6H9N3S/c1-2-7-3-9-4-8-5-10-6(1)9/h1-2,8H,3-5H2. The van der Waals surface area contributed by atoms with Crippen LogP contribution >= 0.6 is 11.8 Å². The molecule has 2 rings (SSSR count). The van der Waals surface area contributed by atoms with Crippen LogP contribution in [0, 0.1) is 0 Å². The molecule has 0 atom stereocenters. The minimum atomic E-state index is 0.811. The van der Waals surface area contributed by atoms with Gasteiger partial charge in [0.1, 0.15) is 6.67 Å². The monoisotopic (exact) mass is 155 g/mol. The average Bonchev–Trinajstić information content (AvgIpc) is 2.05. The van der Waals surface area contributed by atoms with Crippen LogP contribution in [-0.2, 0) is 0 Å². The second kappa shape index (κ2) is 2.64. The topological polar surface area (TPSA) is 27.6 Å². The minimum absolute atomic E-state index is 0.811. The van der Waals surface area contributed by atoms with Crippen LogP contribution in [0.15, 0.2) is 16.1 Å². The fourth-order valence-corrected chi connectivity index (χ4v) is 1.81. The summed E-state index contributed by atoms with van der Waals surface area (Å²) in [5.74, 6) is 1.02. The lowest BCUT2D eigenvalue weighted by molar-refractivity contribution is 0.345. The van der Waals surface area contributed by atoms with Gasteiger partial charge in [-0.1, -0.05) is 11.8 Å². The van der Waals surface area contributed by atoms with Gasteiger partial charge in [0.05, 0.1) is 11.7 Å². The Labute approximate surface area is 64.2 Å². The van der Waals surface area contributed by atoms with Crippen LogP contribution in [0.3, 0.4) is 0 Å². The Morgan fingerprint density at radius 3 is 3.60 bits per heavy atom. The highest BCUT2D eigenvalue weighted by molar-refractivity contribution is 8.03. The molecule has 54 valence electrons. The van der Waals surface area contributed by atoms with Gasteiger partial charge in [-0.05, 0) is 6.08 Å². The normalized spacial score (nSPS) is 24.0. The highest BCUT2D eigenvalue weighted by Crippen LogP contribution is 2.22. The summed E-state index contributed by atoms with van der Waals surface area (Å²) in [5.41, 5.74) is 0. The molecule has 0 saturated carbocycles. The molecule has 0 radical (unpaired) electrons. The molecule has 3 nitrogen and oxygen atoms in total. The van der Waals surface area contributed by atoms with Gasteiger partial charge in [-0.3, -0.25) is 10.3 Å². The second-order valence-corrected chi connectivity index (χ2v) is 3.21. The fourth-order valence-electron chi connectivity index (χ4n) is 1.01. The van der Waals surface area contributed by atoms with E-state index < -0.39 is 0 Å². The van der Waals surface area contributed by atoms with Gasteiger partial charge in [-0.15, -0.1) is 0 Å². The molecule has 2 aliphatic rings. The van der Waals surface area contributed by atoms with Gasteiger partial charge in [-0.25, -0.2) is 0 Å². The van der Waals surface area contributed by atoms with Crippen molar-refractivity contribution in [2.24, 2.45) is 4.99 Å². The lowest BCUT2D eigenvalue weighted by Gasteiger charge is -2.31. The van der Waals surface area contributed by atoms with Crippen molar-refractivity contribution in [2.75, 3.05) is 19.2 Å². The molecule has 2 aliphatic heterocycles. The SMILES string of the molecule is C1=NCN2CNCSC2=C1. The van der Waals surface area contributed by atoms with Crippen molar-refractivity contribution in [1.29, 1.82) is 0 Å². The zero-order valence-corrected chi connectivity index (χ0v) is 6.40. The lowest BCUT2D eigenvalue weighted by Crippen LogP contribution is -2.38. The van der Waals surface area contributed by atoms with Crippen molar-refractivity contribution in [3.63, 3.8) is 0 Å². The fraction of sp³-hybridized carbons (Fsp3) is 0.500. The minimum Gasteiger partial charge on any atom is -0.334 e. The molecule has 0 bridgehead atoms. The molecule has 0 spiro atoms. The maximum Gasteiger partial charge on any atom is 0.111 e. The third-order valence-corrected chi connectivity index (χ3v) is 2.55. The van der Waals surface area contributed by atoms with Gasteiger partial charge in [0.15, 0.2) is 0 Å². The van der Waals surface area contributed by atoms with Crippen molar-refractivity contribution in [1.82, 2.24) is 10.2 Å². The van der Waals surface area contributed by atoms with Crippen LogP contribution in [0.2, 0.25) is 0 Å². The van der Waals surface area contributed by atoms with Gasteiger partial charge in [0, 0.05) is 12.1 Å². The quantitative estimate of drug-likeness (QED) is 0.549. The largest absolute Gasteiger partial charge is 0.334 e. The molecule has 0 amide bonds. The Bertz CT molecular complexity index is 187. The molecule has 0 aromatic carbocycles. The highest BCUT2D eigenvalue weighted by atomic mass is 32.2. The molecule has 10 heavy (non-hydrogen) atoms. The summed E-state index contributed by atoms with van der Waals surface area (Å²) >= 11 is 1.83. The van der Waals surface area contributed by atoms with Crippen molar-refractivity contribution in [3.05, 3.63) is 11.1 Å². The number of nitrogens with zero attached hydrogens (tertiary/aromatic N) is 2. The van der Waals surface area contributed by atoms with Gasteiger partial charge < -0.3 is 4.90 Å². The first kappa shape index (κ1) is 6.24. The van der Waals surface area contributed by atoms with Gasteiger partial charge in [-0.2, -0.15) is 0 Å². The maximum absolute atomic E-state index is 4.13. The van der Waals surface area contributed by atoms with E-state index in [1.54, 1.807) is 0 Å². The summed E-state index contributed by atoms with van der Waals surface area (Å²) < 4.78 is 0. The highest BCUT2D eigenvalue weighted by Gasteiger charge is 2.14. The van der Waals surface area contributed by atoms with E-state index in [4.69, 9.17) is 0 Å². The number of allylic oxidation sites excluding steroid dienone is 1. The first-order chi connectivity index (χ1) is 4.97. The van der Waals surface area contributed by atoms with Crippen LogP contribution < -0.4 is 5.32 Å². The lowest BCUT2D eigenvalue weighted by atomic mass is 10.5. The van der Waals surface area contributed by atoms with Crippen molar-refractivity contribution in [2.45, 2.75) is 0 Å². The zero-order valence-electron chi connectivity index (χ0n) is 5.58. The Morgan fingerprint density at radius 1 is 1.70 bits per heavy atom. The summed E-state index contributed by atoms with van der Waals surface area (Å²) in [7, 11) is 0. The third-order valence-electron chi connectivity index (χ3n) is 1.51. The summed E-state index contributed by atoms with van der Waals surface area (Å²) in [6.07, 6.45) is 3.94. The summed E-state index contributed by atoms with van der Waals surface area (Å²) in [6, 6.07) is 0. The maximum atomic E-state index is 4.13.